The Morgan fingerprint density at radius 2 is 2.10 bits per heavy atom. The third-order valence-electron chi connectivity index (χ3n) is 2.66. The molecular weight excluding hydrogens is 272 g/mol. The summed E-state index contributed by atoms with van der Waals surface area (Å²) in [6, 6.07) is 6.82. The van der Waals surface area contributed by atoms with Crippen LogP contribution >= 0.6 is 0 Å². The van der Waals surface area contributed by atoms with Crippen molar-refractivity contribution in [3.8, 4) is 0 Å². The van der Waals surface area contributed by atoms with Crippen LogP contribution in [0.15, 0.2) is 30.6 Å². The van der Waals surface area contributed by atoms with Crippen LogP contribution in [0.4, 0.5) is 23.0 Å². The SMILES string of the molecule is CCOC(=O)c1cccc(Nc2ncnc(NN)c2N)c1. The summed E-state index contributed by atoms with van der Waals surface area (Å²) in [6.45, 7) is 2.07. The molecule has 0 atom stereocenters. The first-order chi connectivity index (χ1) is 10.2. The largest absolute Gasteiger partial charge is 0.462 e. The summed E-state index contributed by atoms with van der Waals surface area (Å²) in [4.78, 5) is 19.6. The molecule has 1 aromatic carbocycles. The third-order valence-corrected chi connectivity index (χ3v) is 2.66. The van der Waals surface area contributed by atoms with Crippen molar-refractivity contribution in [1.29, 1.82) is 0 Å². The average Bonchev–Trinajstić information content (AvgIpc) is 2.50. The maximum Gasteiger partial charge on any atom is 0.338 e. The van der Waals surface area contributed by atoms with Gasteiger partial charge in [-0.2, -0.15) is 0 Å². The summed E-state index contributed by atoms with van der Waals surface area (Å²) in [5, 5.41) is 3.00. The molecule has 0 saturated heterocycles. The van der Waals surface area contributed by atoms with Gasteiger partial charge in [0.1, 0.15) is 12.0 Å². The van der Waals surface area contributed by atoms with Gasteiger partial charge in [-0.15, -0.1) is 0 Å². The Kier molecular flexibility index (Phi) is 4.52. The average molecular weight is 288 g/mol. The number of carbonyl (C=O) groups excluding carboxylic acids is 1. The number of anilines is 4. The number of nitrogens with one attached hydrogen (secondary N) is 2. The van der Waals surface area contributed by atoms with Crippen molar-refractivity contribution < 1.29 is 9.53 Å². The van der Waals surface area contributed by atoms with Crippen LogP contribution in [0.3, 0.4) is 0 Å². The first kappa shape index (κ1) is 14.5. The molecule has 0 amide bonds. The highest BCUT2D eigenvalue weighted by Crippen LogP contribution is 2.25. The van der Waals surface area contributed by atoms with Gasteiger partial charge in [-0.3, -0.25) is 0 Å². The summed E-state index contributed by atoms with van der Waals surface area (Å²) in [7, 11) is 0. The molecule has 2 rings (SSSR count). The Hall–Kier alpha value is -2.87. The number of benzene rings is 1. The van der Waals surface area contributed by atoms with Crippen LogP contribution in [0.1, 0.15) is 17.3 Å². The number of ether oxygens (including phenoxy) is 1. The molecule has 0 aliphatic heterocycles. The molecule has 0 unspecified atom stereocenters. The Morgan fingerprint density at radius 1 is 1.33 bits per heavy atom. The number of aromatic nitrogens is 2. The van der Waals surface area contributed by atoms with Crippen molar-refractivity contribution in [2.75, 3.05) is 23.1 Å². The molecule has 0 bridgehead atoms. The van der Waals surface area contributed by atoms with E-state index < -0.39 is 0 Å². The normalized spacial score (nSPS) is 10.0. The molecule has 8 nitrogen and oxygen atoms in total. The second-order valence-electron chi connectivity index (χ2n) is 4.06. The van der Waals surface area contributed by atoms with Crippen molar-refractivity contribution in [2.45, 2.75) is 6.92 Å². The number of rotatable bonds is 5. The number of hydrogen-bond donors (Lipinski definition) is 4. The molecule has 21 heavy (non-hydrogen) atoms. The minimum Gasteiger partial charge on any atom is -0.462 e. The number of hydrogen-bond acceptors (Lipinski definition) is 8. The van der Waals surface area contributed by atoms with Gasteiger partial charge in [-0.25, -0.2) is 20.6 Å². The van der Waals surface area contributed by atoms with Gasteiger partial charge in [-0.05, 0) is 25.1 Å². The molecule has 0 saturated carbocycles. The minimum absolute atomic E-state index is 0.279. The fourth-order valence-corrected chi connectivity index (χ4v) is 1.69. The quantitative estimate of drug-likeness (QED) is 0.368. The van der Waals surface area contributed by atoms with Gasteiger partial charge in [0.05, 0.1) is 12.2 Å². The Morgan fingerprint density at radius 3 is 2.81 bits per heavy atom. The molecule has 6 N–H and O–H groups in total. The van der Waals surface area contributed by atoms with Crippen LogP contribution in [0.25, 0.3) is 0 Å². The number of hydrazine groups is 1. The summed E-state index contributed by atoms with van der Waals surface area (Å²) in [5.74, 6) is 5.61. The monoisotopic (exact) mass is 288 g/mol. The summed E-state index contributed by atoms with van der Waals surface area (Å²) < 4.78 is 4.95. The Balaban J connectivity index is 2.24. The molecule has 110 valence electrons. The molecule has 0 fully saturated rings. The number of esters is 1. The molecule has 2 aromatic rings. The second-order valence-corrected chi connectivity index (χ2v) is 4.06. The predicted octanol–water partition coefficient (Wildman–Crippen LogP) is 1.26. The maximum atomic E-state index is 11.7. The summed E-state index contributed by atoms with van der Waals surface area (Å²) >= 11 is 0. The molecule has 1 aromatic heterocycles. The lowest BCUT2D eigenvalue weighted by molar-refractivity contribution is 0.0526. The van der Waals surface area contributed by atoms with Gasteiger partial charge >= 0.3 is 5.97 Å². The van der Waals surface area contributed by atoms with E-state index in [-0.39, 0.29) is 11.7 Å². The zero-order valence-corrected chi connectivity index (χ0v) is 11.5. The van der Waals surface area contributed by atoms with E-state index in [1.165, 1.54) is 6.33 Å². The fraction of sp³-hybridized carbons (Fsp3) is 0.154. The van der Waals surface area contributed by atoms with Crippen molar-refractivity contribution in [3.05, 3.63) is 36.2 Å². The molecule has 0 spiro atoms. The first-order valence-corrected chi connectivity index (χ1v) is 6.27. The van der Waals surface area contributed by atoms with E-state index in [1.54, 1.807) is 31.2 Å². The first-order valence-electron chi connectivity index (χ1n) is 6.27. The van der Waals surface area contributed by atoms with E-state index in [9.17, 15) is 4.79 Å². The number of nitrogens with two attached hydrogens (primary N) is 2. The molecule has 0 aliphatic rings. The van der Waals surface area contributed by atoms with Crippen LogP contribution in [-0.2, 0) is 4.74 Å². The van der Waals surface area contributed by atoms with Crippen molar-refractivity contribution in [2.24, 2.45) is 5.84 Å². The van der Waals surface area contributed by atoms with Gasteiger partial charge in [0.15, 0.2) is 11.6 Å². The van der Waals surface area contributed by atoms with Crippen LogP contribution in [0, 0.1) is 0 Å². The van der Waals surface area contributed by atoms with Crippen LogP contribution in [0.5, 0.6) is 0 Å². The zero-order valence-electron chi connectivity index (χ0n) is 11.5. The van der Waals surface area contributed by atoms with E-state index in [0.717, 1.165) is 0 Å². The van der Waals surface area contributed by atoms with Crippen molar-refractivity contribution in [3.63, 3.8) is 0 Å². The van der Waals surface area contributed by atoms with E-state index in [0.29, 0.717) is 29.5 Å². The highest BCUT2D eigenvalue weighted by atomic mass is 16.5. The standard InChI is InChI=1S/C13H16N6O2/c1-2-21-13(20)8-4-3-5-9(6-8)18-11-10(14)12(19-15)17-7-16-11/h3-7H,2,14-15H2,1H3,(H2,16,17,18,19). The van der Waals surface area contributed by atoms with E-state index in [4.69, 9.17) is 16.3 Å². The lowest BCUT2D eigenvalue weighted by atomic mass is 10.2. The Bertz CT molecular complexity index is 646. The number of carbonyl (C=O) groups is 1. The predicted molar refractivity (Wildman–Crippen MR) is 79.9 cm³/mol. The smallest absolute Gasteiger partial charge is 0.338 e. The highest BCUT2D eigenvalue weighted by molar-refractivity contribution is 5.91. The van der Waals surface area contributed by atoms with Crippen molar-refractivity contribution >= 4 is 29.0 Å². The van der Waals surface area contributed by atoms with Gasteiger partial charge in [-0.1, -0.05) is 6.07 Å². The molecule has 0 radical (unpaired) electrons. The lowest BCUT2D eigenvalue weighted by Crippen LogP contribution is -2.12. The van der Waals surface area contributed by atoms with Gasteiger partial charge < -0.3 is 21.2 Å². The molecule has 0 aliphatic carbocycles. The highest BCUT2D eigenvalue weighted by Gasteiger charge is 2.10. The van der Waals surface area contributed by atoms with Crippen LogP contribution in [0.2, 0.25) is 0 Å². The van der Waals surface area contributed by atoms with E-state index in [1.807, 2.05) is 0 Å². The summed E-state index contributed by atoms with van der Waals surface area (Å²) in [5.41, 5.74) is 9.61. The zero-order chi connectivity index (χ0) is 15.2. The van der Waals surface area contributed by atoms with Crippen LogP contribution in [-0.4, -0.2) is 22.5 Å². The second kappa shape index (κ2) is 6.53. The molecular formula is C13H16N6O2. The Labute approximate surface area is 121 Å². The van der Waals surface area contributed by atoms with Gasteiger partial charge in [0, 0.05) is 5.69 Å². The van der Waals surface area contributed by atoms with E-state index >= 15 is 0 Å². The summed E-state index contributed by atoms with van der Waals surface area (Å²) in [6.07, 6.45) is 1.32. The van der Waals surface area contributed by atoms with Crippen molar-refractivity contribution in [1.82, 2.24) is 9.97 Å². The van der Waals surface area contributed by atoms with Gasteiger partial charge in [0.2, 0.25) is 0 Å². The number of nitrogens with zero attached hydrogens (tertiary/aromatic N) is 2. The number of nitrogen functional groups attached to an aromatic ring is 2. The third kappa shape index (κ3) is 3.37. The fourth-order valence-electron chi connectivity index (χ4n) is 1.69. The molecule has 8 heteroatoms. The van der Waals surface area contributed by atoms with Gasteiger partial charge in [0.25, 0.3) is 0 Å². The lowest BCUT2D eigenvalue weighted by Gasteiger charge is -2.11. The maximum absolute atomic E-state index is 11.7. The topological polar surface area (TPSA) is 128 Å². The molecule has 1 heterocycles. The minimum atomic E-state index is -0.388. The van der Waals surface area contributed by atoms with E-state index in [2.05, 4.69) is 20.7 Å². The van der Waals surface area contributed by atoms with Crippen LogP contribution < -0.4 is 22.3 Å².